The molecule has 1 aromatic heterocycles. The van der Waals surface area contributed by atoms with Crippen molar-refractivity contribution in [3.05, 3.63) is 22.9 Å². The Labute approximate surface area is 105 Å². The van der Waals surface area contributed by atoms with Gasteiger partial charge in [0.05, 0.1) is 19.1 Å². The zero-order valence-corrected chi connectivity index (χ0v) is 10.9. The topological polar surface area (TPSA) is 63.0 Å². The Kier molecular flexibility index (Phi) is 4.98. The average molecular weight is 250 g/mol. The van der Waals surface area contributed by atoms with E-state index in [1.54, 1.807) is 0 Å². The van der Waals surface area contributed by atoms with E-state index in [4.69, 9.17) is 5.26 Å². The van der Waals surface area contributed by atoms with Gasteiger partial charge in [-0.2, -0.15) is 5.26 Å². The summed E-state index contributed by atoms with van der Waals surface area (Å²) in [6.45, 7) is 3.77. The summed E-state index contributed by atoms with van der Waals surface area (Å²) in [7, 11) is 1.36. The molecule has 1 rings (SSSR count). The Morgan fingerprint density at radius 3 is 2.88 bits per heavy atom. The van der Waals surface area contributed by atoms with Gasteiger partial charge in [0.25, 0.3) is 0 Å². The Morgan fingerprint density at radius 2 is 2.29 bits per heavy atom. The molecule has 17 heavy (non-hydrogen) atoms. The van der Waals surface area contributed by atoms with Gasteiger partial charge in [-0.25, -0.2) is 4.98 Å². The van der Waals surface area contributed by atoms with E-state index < -0.39 is 0 Å². The molecule has 0 amide bonds. The third kappa shape index (κ3) is 3.75. The summed E-state index contributed by atoms with van der Waals surface area (Å²) in [4.78, 5) is 15.3. The molecule has 0 aliphatic rings. The van der Waals surface area contributed by atoms with E-state index in [2.05, 4.69) is 15.8 Å². The Bertz CT molecular complexity index is 466. The quantitative estimate of drug-likeness (QED) is 0.605. The van der Waals surface area contributed by atoms with Crippen LogP contribution < -0.4 is 0 Å². The molecular formula is C12H14N2O2S. The molecule has 0 aliphatic carbocycles. The fourth-order valence-electron chi connectivity index (χ4n) is 1.38. The van der Waals surface area contributed by atoms with Gasteiger partial charge < -0.3 is 4.74 Å². The number of methoxy groups -OCH3 is 1. The number of esters is 1. The van der Waals surface area contributed by atoms with E-state index in [1.165, 1.54) is 18.9 Å². The van der Waals surface area contributed by atoms with Gasteiger partial charge in [-0.1, -0.05) is 0 Å². The monoisotopic (exact) mass is 250 g/mol. The molecular weight excluding hydrogens is 236 g/mol. The van der Waals surface area contributed by atoms with Crippen LogP contribution >= 0.6 is 11.8 Å². The Hall–Kier alpha value is -1.54. The van der Waals surface area contributed by atoms with Crippen molar-refractivity contribution in [3.63, 3.8) is 0 Å². The summed E-state index contributed by atoms with van der Waals surface area (Å²) in [5.74, 6) is 0.317. The molecule has 5 heteroatoms. The molecule has 0 spiro atoms. The summed E-state index contributed by atoms with van der Waals surface area (Å²) in [6.07, 6.45) is 0.320. The first-order valence-corrected chi connectivity index (χ1v) is 6.15. The van der Waals surface area contributed by atoms with Crippen molar-refractivity contribution in [2.45, 2.75) is 25.3 Å². The molecule has 0 saturated heterocycles. The van der Waals surface area contributed by atoms with E-state index in [-0.39, 0.29) is 5.97 Å². The van der Waals surface area contributed by atoms with Gasteiger partial charge in [-0.3, -0.25) is 4.79 Å². The van der Waals surface area contributed by atoms with E-state index in [0.29, 0.717) is 22.8 Å². The average Bonchev–Trinajstić information content (AvgIpc) is 2.28. The molecule has 1 heterocycles. The second kappa shape index (κ2) is 6.26. The molecule has 0 saturated carbocycles. The predicted molar refractivity (Wildman–Crippen MR) is 65.8 cm³/mol. The van der Waals surface area contributed by atoms with Crippen LogP contribution in [0.25, 0.3) is 0 Å². The number of ether oxygens (including phenoxy) is 1. The molecule has 90 valence electrons. The van der Waals surface area contributed by atoms with Crippen LogP contribution in [0.15, 0.2) is 11.1 Å². The van der Waals surface area contributed by atoms with Crippen molar-refractivity contribution in [2.75, 3.05) is 12.9 Å². The molecule has 0 radical (unpaired) electrons. The maximum atomic E-state index is 11.0. The lowest BCUT2D eigenvalue weighted by molar-refractivity contribution is -0.140. The van der Waals surface area contributed by atoms with Crippen molar-refractivity contribution < 1.29 is 9.53 Å². The number of pyridine rings is 1. The van der Waals surface area contributed by atoms with Crippen LogP contribution in [-0.4, -0.2) is 23.8 Å². The van der Waals surface area contributed by atoms with Crippen molar-refractivity contribution in [1.82, 2.24) is 4.98 Å². The first-order chi connectivity index (χ1) is 8.08. The smallest absolute Gasteiger partial charge is 0.306 e. The number of thioether (sulfide) groups is 1. The summed E-state index contributed by atoms with van der Waals surface area (Å²) in [6, 6.07) is 4.02. The van der Waals surface area contributed by atoms with Crippen LogP contribution in [0.3, 0.4) is 0 Å². The first-order valence-electron chi connectivity index (χ1n) is 5.16. The van der Waals surface area contributed by atoms with Crippen LogP contribution in [0.5, 0.6) is 0 Å². The van der Waals surface area contributed by atoms with Crippen LogP contribution in [0.2, 0.25) is 0 Å². The van der Waals surface area contributed by atoms with Crippen LogP contribution in [0.4, 0.5) is 0 Å². The number of nitriles is 1. The van der Waals surface area contributed by atoms with Crippen LogP contribution in [0, 0.1) is 25.2 Å². The number of hydrogen-bond donors (Lipinski definition) is 0. The number of aryl methyl sites for hydroxylation is 2. The number of rotatable bonds is 4. The van der Waals surface area contributed by atoms with Gasteiger partial charge in [0.15, 0.2) is 0 Å². The van der Waals surface area contributed by atoms with Crippen molar-refractivity contribution in [1.29, 1.82) is 5.26 Å². The van der Waals surface area contributed by atoms with Gasteiger partial charge in [0.2, 0.25) is 0 Å². The number of aromatic nitrogens is 1. The zero-order chi connectivity index (χ0) is 12.8. The van der Waals surface area contributed by atoms with E-state index >= 15 is 0 Å². The number of carbonyl (C=O) groups is 1. The van der Waals surface area contributed by atoms with Crippen molar-refractivity contribution >= 4 is 17.7 Å². The lowest BCUT2D eigenvalue weighted by atomic mass is 10.1. The minimum Gasteiger partial charge on any atom is -0.469 e. The van der Waals surface area contributed by atoms with E-state index in [1.807, 2.05) is 19.9 Å². The van der Waals surface area contributed by atoms with E-state index in [0.717, 1.165) is 11.3 Å². The number of hydrogen-bond acceptors (Lipinski definition) is 5. The molecule has 0 bridgehead atoms. The summed E-state index contributed by atoms with van der Waals surface area (Å²) >= 11 is 1.41. The molecule has 1 aromatic rings. The minimum atomic E-state index is -0.250. The molecule has 0 aliphatic heterocycles. The normalized spacial score (nSPS) is 9.76. The molecule has 0 N–H and O–H groups in total. The maximum absolute atomic E-state index is 11.0. The predicted octanol–water partition coefficient (Wildman–Crippen LogP) is 2.23. The zero-order valence-electron chi connectivity index (χ0n) is 10.1. The Balaban J connectivity index is 2.77. The minimum absolute atomic E-state index is 0.250. The molecule has 0 fully saturated rings. The highest BCUT2D eigenvalue weighted by Gasteiger charge is 2.10. The largest absolute Gasteiger partial charge is 0.469 e. The second-order valence-corrected chi connectivity index (χ2v) is 4.63. The molecule has 0 atom stereocenters. The van der Waals surface area contributed by atoms with Gasteiger partial charge in [-0.15, -0.1) is 11.8 Å². The van der Waals surface area contributed by atoms with Gasteiger partial charge >= 0.3 is 5.97 Å². The van der Waals surface area contributed by atoms with Gasteiger partial charge in [-0.05, 0) is 25.5 Å². The maximum Gasteiger partial charge on any atom is 0.306 e. The fourth-order valence-corrected chi connectivity index (χ4v) is 2.40. The summed E-state index contributed by atoms with van der Waals surface area (Å²) in [5, 5.41) is 9.74. The van der Waals surface area contributed by atoms with Crippen molar-refractivity contribution in [2.24, 2.45) is 0 Å². The summed E-state index contributed by atoms with van der Waals surface area (Å²) < 4.78 is 4.55. The van der Waals surface area contributed by atoms with Gasteiger partial charge in [0.1, 0.15) is 11.1 Å². The van der Waals surface area contributed by atoms with E-state index in [9.17, 15) is 4.79 Å². The van der Waals surface area contributed by atoms with Crippen LogP contribution in [0.1, 0.15) is 23.2 Å². The molecule has 0 unspecified atom stereocenters. The highest BCUT2D eigenvalue weighted by Crippen LogP contribution is 2.24. The SMILES string of the molecule is COC(=O)CCSc1nc(C)cc(C)c1C#N. The number of carbonyl (C=O) groups excluding carboxylic acids is 1. The highest BCUT2D eigenvalue weighted by molar-refractivity contribution is 7.99. The second-order valence-electron chi connectivity index (χ2n) is 3.55. The Morgan fingerprint density at radius 1 is 1.59 bits per heavy atom. The van der Waals surface area contributed by atoms with Crippen LogP contribution in [-0.2, 0) is 9.53 Å². The van der Waals surface area contributed by atoms with Gasteiger partial charge in [0, 0.05) is 11.4 Å². The highest BCUT2D eigenvalue weighted by atomic mass is 32.2. The third-order valence-electron chi connectivity index (χ3n) is 2.20. The summed E-state index contributed by atoms with van der Waals surface area (Å²) in [5.41, 5.74) is 2.38. The number of nitrogens with zero attached hydrogens (tertiary/aromatic N) is 2. The third-order valence-corrected chi connectivity index (χ3v) is 3.17. The van der Waals surface area contributed by atoms with Crippen molar-refractivity contribution in [3.8, 4) is 6.07 Å². The standard InChI is InChI=1S/C12H14N2O2S/c1-8-6-9(2)14-12(10(8)7-13)17-5-4-11(15)16-3/h6H,4-5H2,1-3H3. The molecule has 4 nitrogen and oxygen atoms in total. The molecule has 0 aromatic carbocycles. The fraction of sp³-hybridized carbons (Fsp3) is 0.417. The lowest BCUT2D eigenvalue weighted by Crippen LogP contribution is -2.02. The first kappa shape index (κ1) is 13.5. The lowest BCUT2D eigenvalue weighted by Gasteiger charge is -2.06.